The van der Waals surface area contributed by atoms with Crippen molar-refractivity contribution in [1.82, 2.24) is 14.9 Å². The number of nitrogens with two attached hydrogens (primary N) is 1. The minimum Gasteiger partial charge on any atom is -0.354 e. The summed E-state index contributed by atoms with van der Waals surface area (Å²) >= 11 is 0. The zero-order chi connectivity index (χ0) is 13.1. The molecule has 0 fully saturated rings. The van der Waals surface area contributed by atoms with Gasteiger partial charge in [0.25, 0.3) is 0 Å². The molecule has 0 atom stereocenters. The summed E-state index contributed by atoms with van der Waals surface area (Å²) in [4.78, 5) is 15.6. The fourth-order valence-corrected chi connectivity index (χ4v) is 1.65. The number of carbonyl (C=O) groups excluding carboxylic acids is 1. The fourth-order valence-electron chi connectivity index (χ4n) is 1.65. The molecule has 0 spiro atoms. The number of aromatic nitrogens is 2. The number of carbonyl (C=O) groups is 1. The lowest BCUT2D eigenvalue weighted by Gasteiger charge is -2.20. The number of aryl methyl sites for hydroxylation is 1. The molecule has 0 radical (unpaired) electrons. The maximum Gasteiger partial charge on any atom is 0.221 e. The highest BCUT2D eigenvalue weighted by atomic mass is 16.1. The van der Waals surface area contributed by atoms with Crippen LogP contribution in [-0.2, 0) is 16.9 Å². The average molecular weight is 238 g/mol. The number of nitrogens with one attached hydrogen (secondary N) is 1. The molecule has 1 aromatic heterocycles. The number of imidazole rings is 1. The number of nitrogens with zero attached hydrogens (tertiary/aromatic N) is 2. The minimum absolute atomic E-state index is 0.0504. The topological polar surface area (TPSA) is 72.9 Å². The molecule has 0 aliphatic heterocycles. The van der Waals surface area contributed by atoms with Crippen LogP contribution in [-0.4, -0.2) is 21.5 Å². The third-order valence-electron chi connectivity index (χ3n) is 2.40. The SMILES string of the molecule is CC(C)NC(=O)CCn1cncc1C(C)(C)N. The van der Waals surface area contributed by atoms with E-state index >= 15 is 0 Å². The van der Waals surface area contributed by atoms with Crippen LogP contribution >= 0.6 is 0 Å². The predicted octanol–water partition coefficient (Wildman–Crippen LogP) is 0.992. The average Bonchev–Trinajstić information content (AvgIpc) is 2.60. The van der Waals surface area contributed by atoms with Crippen molar-refractivity contribution in [2.75, 3.05) is 0 Å². The Bertz CT molecular complexity index is 376. The molecular weight excluding hydrogens is 216 g/mol. The van der Waals surface area contributed by atoms with Gasteiger partial charge < -0.3 is 15.6 Å². The molecule has 1 aromatic rings. The van der Waals surface area contributed by atoms with E-state index in [0.717, 1.165) is 5.69 Å². The van der Waals surface area contributed by atoms with E-state index in [2.05, 4.69) is 10.3 Å². The van der Waals surface area contributed by atoms with Crippen molar-refractivity contribution in [2.24, 2.45) is 5.73 Å². The van der Waals surface area contributed by atoms with Gasteiger partial charge in [0.05, 0.1) is 17.6 Å². The molecule has 3 N–H and O–H groups in total. The van der Waals surface area contributed by atoms with E-state index in [0.29, 0.717) is 13.0 Å². The number of amides is 1. The van der Waals surface area contributed by atoms with Gasteiger partial charge in [0.15, 0.2) is 0 Å². The summed E-state index contributed by atoms with van der Waals surface area (Å²) in [6.45, 7) is 8.35. The second-order valence-electron chi connectivity index (χ2n) is 5.17. The summed E-state index contributed by atoms with van der Waals surface area (Å²) in [6, 6.07) is 0.177. The Balaban J connectivity index is 2.59. The Hall–Kier alpha value is -1.36. The lowest BCUT2D eigenvalue weighted by molar-refractivity contribution is -0.121. The molecular formula is C12H22N4O. The van der Waals surface area contributed by atoms with E-state index in [9.17, 15) is 4.79 Å². The summed E-state index contributed by atoms with van der Waals surface area (Å²) in [7, 11) is 0. The fraction of sp³-hybridized carbons (Fsp3) is 0.667. The summed E-state index contributed by atoms with van der Waals surface area (Å²) in [5.74, 6) is 0.0504. The summed E-state index contributed by atoms with van der Waals surface area (Å²) in [5.41, 5.74) is 6.53. The zero-order valence-electron chi connectivity index (χ0n) is 11.0. The zero-order valence-corrected chi connectivity index (χ0v) is 11.0. The van der Waals surface area contributed by atoms with Crippen LogP contribution in [0.25, 0.3) is 0 Å². The number of hydrogen-bond acceptors (Lipinski definition) is 3. The molecule has 1 heterocycles. The third-order valence-corrected chi connectivity index (χ3v) is 2.40. The van der Waals surface area contributed by atoms with Gasteiger partial charge in [0, 0.05) is 25.2 Å². The molecule has 17 heavy (non-hydrogen) atoms. The van der Waals surface area contributed by atoms with Crippen molar-refractivity contribution in [1.29, 1.82) is 0 Å². The summed E-state index contributed by atoms with van der Waals surface area (Å²) in [6.07, 6.45) is 3.91. The van der Waals surface area contributed by atoms with Crippen molar-refractivity contribution in [3.8, 4) is 0 Å². The van der Waals surface area contributed by atoms with Crippen LogP contribution in [0.15, 0.2) is 12.5 Å². The van der Waals surface area contributed by atoms with E-state index in [1.807, 2.05) is 32.3 Å². The van der Waals surface area contributed by atoms with E-state index in [-0.39, 0.29) is 11.9 Å². The van der Waals surface area contributed by atoms with Gasteiger partial charge in [-0.2, -0.15) is 0 Å². The minimum atomic E-state index is -0.439. The Morgan fingerprint density at radius 3 is 2.76 bits per heavy atom. The lowest BCUT2D eigenvalue weighted by Crippen LogP contribution is -2.33. The summed E-state index contributed by atoms with van der Waals surface area (Å²) < 4.78 is 1.93. The highest BCUT2D eigenvalue weighted by Crippen LogP contribution is 2.16. The highest BCUT2D eigenvalue weighted by molar-refractivity contribution is 5.76. The monoisotopic (exact) mass is 238 g/mol. The Morgan fingerprint density at radius 2 is 2.24 bits per heavy atom. The largest absolute Gasteiger partial charge is 0.354 e. The van der Waals surface area contributed by atoms with Crippen LogP contribution in [0.4, 0.5) is 0 Å². The molecule has 0 bridgehead atoms. The molecule has 5 heteroatoms. The van der Waals surface area contributed by atoms with Crippen LogP contribution < -0.4 is 11.1 Å². The van der Waals surface area contributed by atoms with Crippen molar-refractivity contribution in [3.05, 3.63) is 18.2 Å². The van der Waals surface area contributed by atoms with Crippen molar-refractivity contribution in [2.45, 2.75) is 52.2 Å². The first-order chi connectivity index (χ1) is 7.80. The number of rotatable bonds is 5. The molecule has 0 aliphatic carbocycles. The molecule has 1 amide bonds. The van der Waals surface area contributed by atoms with E-state index in [1.54, 1.807) is 12.5 Å². The lowest BCUT2D eigenvalue weighted by atomic mass is 10.0. The summed E-state index contributed by atoms with van der Waals surface area (Å²) in [5, 5.41) is 2.86. The third kappa shape index (κ3) is 4.19. The quantitative estimate of drug-likeness (QED) is 0.803. The predicted molar refractivity (Wildman–Crippen MR) is 67.3 cm³/mol. The Labute approximate surface area is 102 Å². The van der Waals surface area contributed by atoms with Gasteiger partial charge in [-0.15, -0.1) is 0 Å². The van der Waals surface area contributed by atoms with Gasteiger partial charge in [-0.3, -0.25) is 4.79 Å². The van der Waals surface area contributed by atoms with Gasteiger partial charge in [0.1, 0.15) is 0 Å². The second kappa shape index (κ2) is 5.31. The molecule has 1 rings (SSSR count). The Kier molecular flexibility index (Phi) is 4.28. The first kappa shape index (κ1) is 13.7. The van der Waals surface area contributed by atoms with Crippen LogP contribution in [0.1, 0.15) is 39.8 Å². The molecule has 0 aromatic carbocycles. The van der Waals surface area contributed by atoms with Crippen LogP contribution in [0.5, 0.6) is 0 Å². The van der Waals surface area contributed by atoms with Crippen molar-refractivity contribution >= 4 is 5.91 Å². The second-order valence-corrected chi connectivity index (χ2v) is 5.17. The van der Waals surface area contributed by atoms with Crippen LogP contribution in [0.2, 0.25) is 0 Å². The van der Waals surface area contributed by atoms with Crippen LogP contribution in [0, 0.1) is 0 Å². The Morgan fingerprint density at radius 1 is 1.59 bits per heavy atom. The van der Waals surface area contributed by atoms with Gasteiger partial charge in [-0.1, -0.05) is 0 Å². The van der Waals surface area contributed by atoms with Crippen molar-refractivity contribution in [3.63, 3.8) is 0 Å². The maximum atomic E-state index is 11.5. The first-order valence-corrected chi connectivity index (χ1v) is 5.89. The van der Waals surface area contributed by atoms with Gasteiger partial charge in [-0.05, 0) is 27.7 Å². The molecule has 0 aliphatic rings. The van der Waals surface area contributed by atoms with Crippen molar-refractivity contribution < 1.29 is 4.79 Å². The number of hydrogen-bond donors (Lipinski definition) is 2. The maximum absolute atomic E-state index is 11.5. The molecule has 0 saturated carbocycles. The van der Waals surface area contributed by atoms with E-state index in [4.69, 9.17) is 5.73 Å². The first-order valence-electron chi connectivity index (χ1n) is 5.89. The smallest absolute Gasteiger partial charge is 0.221 e. The van der Waals surface area contributed by atoms with Gasteiger partial charge in [0.2, 0.25) is 5.91 Å². The normalized spacial score (nSPS) is 11.9. The van der Waals surface area contributed by atoms with Gasteiger partial charge in [-0.25, -0.2) is 4.98 Å². The van der Waals surface area contributed by atoms with E-state index in [1.165, 1.54) is 0 Å². The van der Waals surface area contributed by atoms with Crippen LogP contribution in [0.3, 0.4) is 0 Å². The highest BCUT2D eigenvalue weighted by Gasteiger charge is 2.19. The molecule has 0 saturated heterocycles. The van der Waals surface area contributed by atoms with Gasteiger partial charge >= 0.3 is 0 Å². The molecule has 0 unspecified atom stereocenters. The molecule has 5 nitrogen and oxygen atoms in total. The standard InChI is InChI=1S/C12H22N4O/c1-9(2)15-11(17)5-6-16-8-14-7-10(16)12(3,4)13/h7-9H,5-6,13H2,1-4H3,(H,15,17). The van der Waals surface area contributed by atoms with E-state index < -0.39 is 5.54 Å². The molecule has 96 valence electrons.